The zero-order valence-corrected chi connectivity index (χ0v) is 9.49. The molecule has 0 aliphatic heterocycles. The molecule has 4 nitrogen and oxygen atoms in total. The number of carboxylic acid groups (broad SMARTS) is 1. The Labute approximate surface area is 91.0 Å². The average Bonchev–Trinajstić information content (AvgIpc) is 2.22. The maximum Gasteiger partial charge on any atom is 0.331 e. The molecular weight excluding hydrogens is 194 g/mol. The van der Waals surface area contributed by atoms with Crippen molar-refractivity contribution in [1.29, 1.82) is 0 Å². The SMILES string of the molecule is CC/C(=C/CNC(CC)CCO)C(=O)O. The van der Waals surface area contributed by atoms with Gasteiger partial charge in [0, 0.05) is 24.8 Å². The lowest BCUT2D eigenvalue weighted by molar-refractivity contribution is -0.132. The lowest BCUT2D eigenvalue weighted by Gasteiger charge is -2.14. The number of hydrogen-bond acceptors (Lipinski definition) is 3. The van der Waals surface area contributed by atoms with E-state index >= 15 is 0 Å². The third-order valence-electron chi connectivity index (χ3n) is 2.38. The van der Waals surface area contributed by atoms with Gasteiger partial charge in [-0.2, -0.15) is 0 Å². The lowest BCUT2D eigenvalue weighted by atomic mass is 10.1. The maximum absolute atomic E-state index is 10.7. The standard InChI is InChI=1S/C11H21NO3/c1-3-9(11(14)15)5-7-12-10(4-2)6-8-13/h5,10,12-13H,3-4,6-8H2,1-2H3,(H,14,15)/b9-5-. The minimum absolute atomic E-state index is 0.161. The van der Waals surface area contributed by atoms with Crippen molar-refractivity contribution in [2.45, 2.75) is 39.2 Å². The number of carbonyl (C=O) groups is 1. The van der Waals surface area contributed by atoms with Crippen molar-refractivity contribution in [2.75, 3.05) is 13.2 Å². The molecule has 0 spiro atoms. The molecule has 0 rings (SSSR count). The van der Waals surface area contributed by atoms with Gasteiger partial charge in [0.25, 0.3) is 0 Å². The largest absolute Gasteiger partial charge is 0.478 e. The molecule has 15 heavy (non-hydrogen) atoms. The highest BCUT2D eigenvalue weighted by Gasteiger charge is 2.05. The van der Waals surface area contributed by atoms with Crippen molar-refractivity contribution in [3.63, 3.8) is 0 Å². The fourth-order valence-electron chi connectivity index (χ4n) is 1.34. The Morgan fingerprint density at radius 2 is 2.13 bits per heavy atom. The highest BCUT2D eigenvalue weighted by atomic mass is 16.4. The van der Waals surface area contributed by atoms with Crippen LogP contribution in [0.5, 0.6) is 0 Å². The molecule has 0 saturated heterocycles. The fraction of sp³-hybridized carbons (Fsp3) is 0.727. The van der Waals surface area contributed by atoms with E-state index in [1.165, 1.54) is 0 Å². The number of aliphatic carboxylic acids is 1. The van der Waals surface area contributed by atoms with E-state index in [1.54, 1.807) is 6.08 Å². The first-order valence-corrected chi connectivity index (χ1v) is 5.42. The van der Waals surface area contributed by atoms with Crippen molar-refractivity contribution in [2.24, 2.45) is 0 Å². The van der Waals surface area contributed by atoms with Crippen LogP contribution >= 0.6 is 0 Å². The Hall–Kier alpha value is -0.870. The van der Waals surface area contributed by atoms with E-state index < -0.39 is 5.97 Å². The normalized spacial score (nSPS) is 13.9. The van der Waals surface area contributed by atoms with Gasteiger partial charge in [0.1, 0.15) is 0 Å². The smallest absolute Gasteiger partial charge is 0.331 e. The van der Waals surface area contributed by atoms with E-state index in [0.29, 0.717) is 25.0 Å². The summed E-state index contributed by atoms with van der Waals surface area (Å²) in [5.41, 5.74) is 0.432. The van der Waals surface area contributed by atoms with Crippen LogP contribution in [0, 0.1) is 0 Å². The summed E-state index contributed by atoms with van der Waals surface area (Å²) in [6, 6.07) is 0.262. The van der Waals surface area contributed by atoms with Crippen molar-refractivity contribution in [3.8, 4) is 0 Å². The Morgan fingerprint density at radius 3 is 2.53 bits per heavy atom. The van der Waals surface area contributed by atoms with E-state index in [1.807, 2.05) is 13.8 Å². The molecule has 0 aliphatic carbocycles. The average molecular weight is 215 g/mol. The molecule has 1 unspecified atom stereocenters. The van der Waals surface area contributed by atoms with Crippen LogP contribution in [0.15, 0.2) is 11.6 Å². The first-order valence-electron chi connectivity index (χ1n) is 5.42. The molecule has 3 N–H and O–H groups in total. The third kappa shape index (κ3) is 6.25. The van der Waals surface area contributed by atoms with Gasteiger partial charge >= 0.3 is 5.97 Å². The highest BCUT2D eigenvalue weighted by Crippen LogP contribution is 2.00. The minimum atomic E-state index is -0.852. The summed E-state index contributed by atoms with van der Waals surface area (Å²) in [5, 5.41) is 20.7. The number of aliphatic hydroxyl groups is 1. The summed E-state index contributed by atoms with van der Waals surface area (Å²) >= 11 is 0. The zero-order chi connectivity index (χ0) is 11.7. The summed E-state index contributed by atoms with van der Waals surface area (Å²) in [4.78, 5) is 10.7. The molecule has 0 saturated carbocycles. The quantitative estimate of drug-likeness (QED) is 0.531. The number of nitrogens with one attached hydrogen (secondary N) is 1. The molecule has 0 aromatic rings. The summed E-state index contributed by atoms with van der Waals surface area (Å²) in [7, 11) is 0. The molecule has 88 valence electrons. The molecule has 1 atom stereocenters. The van der Waals surface area contributed by atoms with Crippen molar-refractivity contribution in [3.05, 3.63) is 11.6 Å². The van der Waals surface area contributed by atoms with Gasteiger partial charge < -0.3 is 15.5 Å². The van der Waals surface area contributed by atoms with E-state index in [9.17, 15) is 4.79 Å². The van der Waals surface area contributed by atoms with E-state index in [2.05, 4.69) is 5.32 Å². The summed E-state index contributed by atoms with van der Waals surface area (Å²) in [6.45, 7) is 4.57. The van der Waals surface area contributed by atoms with Gasteiger partial charge in [0.05, 0.1) is 0 Å². The maximum atomic E-state index is 10.7. The van der Waals surface area contributed by atoms with Crippen molar-refractivity contribution in [1.82, 2.24) is 5.32 Å². The number of aliphatic hydroxyl groups excluding tert-OH is 1. The van der Waals surface area contributed by atoms with Gasteiger partial charge in [0.2, 0.25) is 0 Å². The van der Waals surface area contributed by atoms with Crippen LogP contribution in [0.25, 0.3) is 0 Å². The number of hydrogen-bond donors (Lipinski definition) is 3. The fourth-order valence-corrected chi connectivity index (χ4v) is 1.34. The Morgan fingerprint density at radius 1 is 1.47 bits per heavy atom. The van der Waals surface area contributed by atoms with Gasteiger partial charge in [-0.05, 0) is 19.3 Å². The van der Waals surface area contributed by atoms with Crippen LogP contribution in [0.2, 0.25) is 0 Å². The Balaban J connectivity index is 3.97. The van der Waals surface area contributed by atoms with Crippen LogP contribution in [-0.4, -0.2) is 35.4 Å². The first kappa shape index (κ1) is 14.1. The molecule has 0 aromatic carbocycles. The number of rotatable bonds is 8. The lowest BCUT2D eigenvalue weighted by Crippen LogP contribution is -2.29. The predicted molar refractivity (Wildman–Crippen MR) is 59.8 cm³/mol. The number of carboxylic acids is 1. The van der Waals surface area contributed by atoms with Gasteiger partial charge in [0.15, 0.2) is 0 Å². The molecule has 0 fully saturated rings. The van der Waals surface area contributed by atoms with Crippen LogP contribution in [0.4, 0.5) is 0 Å². The predicted octanol–water partition coefficient (Wildman–Crippen LogP) is 1.16. The molecule has 0 heterocycles. The van der Waals surface area contributed by atoms with Crippen molar-refractivity contribution >= 4 is 5.97 Å². The topological polar surface area (TPSA) is 69.6 Å². The molecule has 4 heteroatoms. The van der Waals surface area contributed by atoms with Crippen LogP contribution < -0.4 is 5.32 Å². The monoisotopic (exact) mass is 215 g/mol. The molecule has 0 amide bonds. The Bertz CT molecular complexity index is 214. The molecule has 0 radical (unpaired) electrons. The molecular formula is C11H21NO3. The van der Waals surface area contributed by atoms with Crippen LogP contribution in [-0.2, 0) is 4.79 Å². The second-order valence-corrected chi connectivity index (χ2v) is 3.41. The van der Waals surface area contributed by atoms with E-state index in [-0.39, 0.29) is 12.6 Å². The summed E-state index contributed by atoms with van der Waals surface area (Å²) in [5.74, 6) is -0.852. The van der Waals surface area contributed by atoms with Gasteiger partial charge in [-0.25, -0.2) is 4.79 Å². The molecule has 0 aliphatic rings. The van der Waals surface area contributed by atoms with Crippen LogP contribution in [0.3, 0.4) is 0 Å². The molecule has 0 aromatic heterocycles. The van der Waals surface area contributed by atoms with Crippen molar-refractivity contribution < 1.29 is 15.0 Å². The van der Waals surface area contributed by atoms with Gasteiger partial charge in [-0.1, -0.05) is 19.9 Å². The Kier molecular flexibility index (Phi) is 7.95. The van der Waals surface area contributed by atoms with Crippen LogP contribution in [0.1, 0.15) is 33.1 Å². The second kappa shape index (κ2) is 8.44. The second-order valence-electron chi connectivity index (χ2n) is 3.41. The summed E-state index contributed by atoms with van der Waals surface area (Å²) < 4.78 is 0. The third-order valence-corrected chi connectivity index (χ3v) is 2.38. The van der Waals surface area contributed by atoms with E-state index in [4.69, 9.17) is 10.2 Å². The molecule has 0 bridgehead atoms. The summed E-state index contributed by atoms with van der Waals surface area (Å²) in [6.07, 6.45) is 3.87. The minimum Gasteiger partial charge on any atom is -0.478 e. The highest BCUT2D eigenvalue weighted by molar-refractivity contribution is 5.86. The van der Waals surface area contributed by atoms with E-state index in [0.717, 1.165) is 6.42 Å². The first-order chi connectivity index (χ1) is 7.15. The van der Waals surface area contributed by atoms with Gasteiger partial charge in [-0.15, -0.1) is 0 Å². The zero-order valence-electron chi connectivity index (χ0n) is 9.49. The van der Waals surface area contributed by atoms with Gasteiger partial charge in [-0.3, -0.25) is 0 Å².